The third-order valence-corrected chi connectivity index (χ3v) is 5.67. The van der Waals surface area contributed by atoms with Crippen LogP contribution in [0.15, 0.2) is 53.3 Å². The van der Waals surface area contributed by atoms with Crippen molar-refractivity contribution in [3.8, 4) is 0 Å². The van der Waals surface area contributed by atoms with Crippen molar-refractivity contribution in [2.45, 2.75) is 26.3 Å². The molecule has 2 heterocycles. The monoisotopic (exact) mass is 392 g/mol. The van der Waals surface area contributed by atoms with E-state index in [1.807, 2.05) is 31.2 Å². The molecule has 6 nitrogen and oxygen atoms in total. The van der Waals surface area contributed by atoms with E-state index in [1.54, 1.807) is 29.5 Å². The number of benzene rings is 2. The van der Waals surface area contributed by atoms with Crippen LogP contribution in [0.5, 0.6) is 0 Å². The van der Waals surface area contributed by atoms with Gasteiger partial charge < -0.3 is 5.32 Å². The van der Waals surface area contributed by atoms with Crippen LogP contribution >= 0.6 is 11.3 Å². The van der Waals surface area contributed by atoms with Gasteiger partial charge in [0.2, 0.25) is 0 Å². The van der Waals surface area contributed by atoms with Gasteiger partial charge in [-0.2, -0.15) is 5.10 Å². The number of nitrogens with zero attached hydrogens (tertiary/aromatic N) is 3. The highest BCUT2D eigenvalue weighted by molar-refractivity contribution is 7.18. The second kappa shape index (κ2) is 7.90. The molecule has 4 rings (SSSR count). The molecule has 28 heavy (non-hydrogen) atoms. The van der Waals surface area contributed by atoms with Gasteiger partial charge in [-0.1, -0.05) is 30.3 Å². The van der Waals surface area contributed by atoms with Crippen LogP contribution in [0.2, 0.25) is 0 Å². The van der Waals surface area contributed by atoms with E-state index >= 15 is 0 Å². The highest BCUT2D eigenvalue weighted by Crippen LogP contribution is 2.22. The average Bonchev–Trinajstić information content (AvgIpc) is 3.14. The van der Waals surface area contributed by atoms with Crippen LogP contribution in [0, 0.1) is 0 Å². The molecule has 0 radical (unpaired) electrons. The van der Waals surface area contributed by atoms with Crippen LogP contribution in [-0.4, -0.2) is 27.2 Å². The summed E-state index contributed by atoms with van der Waals surface area (Å²) in [7, 11) is 0. The molecule has 142 valence electrons. The fourth-order valence-corrected chi connectivity index (χ4v) is 4.18. The maximum atomic E-state index is 12.7. The molecule has 0 unspecified atom stereocenters. The van der Waals surface area contributed by atoms with Crippen molar-refractivity contribution < 1.29 is 4.79 Å². The minimum absolute atomic E-state index is 0.175. The van der Waals surface area contributed by atoms with Crippen molar-refractivity contribution in [2.24, 2.45) is 0 Å². The second-order valence-electron chi connectivity index (χ2n) is 6.45. The predicted octanol–water partition coefficient (Wildman–Crippen LogP) is 3.39. The standard InChI is InChI=1S/C21H20N4O2S/c1-2-25-21(27)15-9-4-3-8-14(15)19(24-25)20(26)22-13-7-12-18-23-16-10-5-6-11-17(16)28-18/h3-6,8-11H,2,7,12-13H2,1H3,(H,22,26). The first-order valence-electron chi connectivity index (χ1n) is 9.30. The lowest BCUT2D eigenvalue weighted by molar-refractivity contribution is 0.0947. The highest BCUT2D eigenvalue weighted by atomic mass is 32.1. The van der Waals surface area contributed by atoms with Crippen molar-refractivity contribution >= 4 is 38.2 Å². The average molecular weight is 392 g/mol. The molecule has 0 aliphatic rings. The van der Waals surface area contributed by atoms with E-state index in [0.717, 1.165) is 23.4 Å². The molecule has 0 aliphatic carbocycles. The summed E-state index contributed by atoms with van der Waals surface area (Å²) in [4.78, 5) is 29.7. The van der Waals surface area contributed by atoms with Crippen LogP contribution in [0.4, 0.5) is 0 Å². The summed E-state index contributed by atoms with van der Waals surface area (Å²) >= 11 is 1.69. The Morgan fingerprint density at radius 1 is 1.11 bits per heavy atom. The summed E-state index contributed by atoms with van der Waals surface area (Å²) in [6.45, 7) is 2.78. The molecule has 0 fully saturated rings. The summed E-state index contributed by atoms with van der Waals surface area (Å²) in [6.07, 6.45) is 1.60. The zero-order valence-electron chi connectivity index (χ0n) is 15.5. The third-order valence-electron chi connectivity index (χ3n) is 4.57. The molecule has 1 N–H and O–H groups in total. The number of aryl methyl sites for hydroxylation is 2. The van der Waals surface area contributed by atoms with Gasteiger partial charge in [0.1, 0.15) is 0 Å². The topological polar surface area (TPSA) is 76.9 Å². The van der Waals surface area contributed by atoms with Gasteiger partial charge in [0.15, 0.2) is 5.69 Å². The maximum absolute atomic E-state index is 12.7. The Morgan fingerprint density at radius 3 is 2.64 bits per heavy atom. The number of thiazole rings is 1. The SMILES string of the molecule is CCn1nc(C(=O)NCCCc2nc3ccccc3s2)c2ccccc2c1=O. The lowest BCUT2D eigenvalue weighted by Gasteiger charge is -2.10. The van der Waals surface area contributed by atoms with E-state index in [4.69, 9.17) is 0 Å². The van der Waals surface area contributed by atoms with Gasteiger partial charge in [0, 0.05) is 24.9 Å². The van der Waals surface area contributed by atoms with Gasteiger partial charge in [0.05, 0.1) is 20.6 Å². The van der Waals surface area contributed by atoms with E-state index in [0.29, 0.717) is 23.9 Å². The first-order chi connectivity index (χ1) is 13.7. The van der Waals surface area contributed by atoms with Crippen molar-refractivity contribution in [3.63, 3.8) is 0 Å². The molecule has 0 atom stereocenters. The summed E-state index contributed by atoms with van der Waals surface area (Å²) in [5, 5.41) is 9.36. The Hall–Kier alpha value is -3.06. The lowest BCUT2D eigenvalue weighted by atomic mass is 10.1. The fourth-order valence-electron chi connectivity index (χ4n) is 3.17. The first kappa shape index (κ1) is 18.3. The molecule has 0 aliphatic heterocycles. The number of carbonyl (C=O) groups excluding carboxylic acids is 1. The number of para-hydroxylation sites is 1. The minimum atomic E-state index is -0.261. The number of fused-ring (bicyclic) bond motifs is 2. The normalized spacial score (nSPS) is 11.2. The molecule has 1 amide bonds. The Kier molecular flexibility index (Phi) is 5.16. The van der Waals surface area contributed by atoms with E-state index in [1.165, 1.54) is 9.38 Å². The summed E-state index contributed by atoms with van der Waals surface area (Å²) in [6, 6.07) is 15.2. The maximum Gasteiger partial charge on any atom is 0.274 e. The minimum Gasteiger partial charge on any atom is -0.351 e. The number of rotatable bonds is 6. The number of amides is 1. The van der Waals surface area contributed by atoms with Crippen LogP contribution in [0.1, 0.15) is 28.8 Å². The number of hydrogen-bond acceptors (Lipinski definition) is 5. The Bertz CT molecular complexity index is 1180. The second-order valence-corrected chi connectivity index (χ2v) is 7.57. The Balaban J connectivity index is 1.45. The molecule has 0 spiro atoms. The molecule has 0 saturated carbocycles. The van der Waals surface area contributed by atoms with Gasteiger partial charge in [0.25, 0.3) is 11.5 Å². The smallest absolute Gasteiger partial charge is 0.274 e. The van der Waals surface area contributed by atoms with Gasteiger partial charge in [-0.15, -0.1) is 11.3 Å². The third kappa shape index (κ3) is 3.53. The molecule has 2 aromatic carbocycles. The van der Waals surface area contributed by atoms with Crippen molar-refractivity contribution in [3.05, 3.63) is 69.6 Å². The van der Waals surface area contributed by atoms with Crippen LogP contribution < -0.4 is 10.9 Å². The van der Waals surface area contributed by atoms with Gasteiger partial charge in [-0.05, 0) is 31.5 Å². The molecule has 7 heteroatoms. The Labute approximate surface area is 165 Å². The van der Waals surface area contributed by atoms with E-state index in [-0.39, 0.29) is 17.2 Å². The predicted molar refractivity (Wildman–Crippen MR) is 112 cm³/mol. The lowest BCUT2D eigenvalue weighted by Crippen LogP contribution is -2.31. The molecular weight excluding hydrogens is 372 g/mol. The summed E-state index contributed by atoms with van der Waals surface area (Å²) < 4.78 is 2.51. The van der Waals surface area contributed by atoms with Crippen molar-refractivity contribution in [1.29, 1.82) is 0 Å². The van der Waals surface area contributed by atoms with E-state index in [2.05, 4.69) is 21.5 Å². The van der Waals surface area contributed by atoms with Gasteiger partial charge in [-0.3, -0.25) is 9.59 Å². The fraction of sp³-hybridized carbons (Fsp3) is 0.238. The van der Waals surface area contributed by atoms with Crippen LogP contribution in [0.3, 0.4) is 0 Å². The zero-order chi connectivity index (χ0) is 19.5. The quantitative estimate of drug-likeness (QED) is 0.510. The van der Waals surface area contributed by atoms with Crippen molar-refractivity contribution in [1.82, 2.24) is 20.1 Å². The van der Waals surface area contributed by atoms with Crippen LogP contribution in [-0.2, 0) is 13.0 Å². The molecule has 0 saturated heterocycles. The van der Waals surface area contributed by atoms with E-state index < -0.39 is 0 Å². The number of hydrogen-bond donors (Lipinski definition) is 1. The van der Waals surface area contributed by atoms with Crippen molar-refractivity contribution in [2.75, 3.05) is 6.54 Å². The molecule has 4 aromatic rings. The first-order valence-corrected chi connectivity index (χ1v) is 10.1. The molecule has 0 bridgehead atoms. The molecule has 2 aromatic heterocycles. The van der Waals surface area contributed by atoms with Crippen LogP contribution in [0.25, 0.3) is 21.0 Å². The number of aromatic nitrogens is 3. The Morgan fingerprint density at radius 2 is 1.86 bits per heavy atom. The number of carbonyl (C=O) groups is 1. The number of nitrogens with one attached hydrogen (secondary N) is 1. The summed E-state index contributed by atoms with van der Waals surface area (Å²) in [5.74, 6) is -0.261. The van der Waals surface area contributed by atoms with E-state index in [9.17, 15) is 9.59 Å². The zero-order valence-corrected chi connectivity index (χ0v) is 16.3. The highest BCUT2D eigenvalue weighted by Gasteiger charge is 2.15. The van der Waals surface area contributed by atoms with Gasteiger partial charge in [-0.25, -0.2) is 9.67 Å². The van der Waals surface area contributed by atoms with Gasteiger partial charge >= 0.3 is 0 Å². The molecular formula is C21H20N4O2S. The largest absolute Gasteiger partial charge is 0.351 e. The summed E-state index contributed by atoms with van der Waals surface area (Å²) in [5.41, 5.74) is 1.13.